The van der Waals surface area contributed by atoms with Crippen molar-refractivity contribution in [3.05, 3.63) is 69.6 Å². The fourth-order valence-corrected chi connectivity index (χ4v) is 5.50. The number of rotatable bonds is 4. The number of fused-ring (bicyclic) bond motifs is 2. The molecule has 4 aromatic rings. The van der Waals surface area contributed by atoms with E-state index in [2.05, 4.69) is 10.1 Å². The number of carbonyl (C=O) groups excluding carboxylic acids is 1. The summed E-state index contributed by atoms with van der Waals surface area (Å²) in [6.45, 7) is 9.67. The van der Waals surface area contributed by atoms with E-state index in [1.165, 1.54) is 0 Å². The molecule has 0 N–H and O–H groups in total. The van der Waals surface area contributed by atoms with Gasteiger partial charge >= 0.3 is 0 Å². The lowest BCUT2D eigenvalue weighted by atomic mass is 9.87. The largest absolute Gasteiger partial charge is 0.325 e. The molecule has 5 rings (SSSR count). The topological polar surface area (TPSA) is 68.3 Å². The van der Waals surface area contributed by atoms with E-state index in [9.17, 15) is 18.0 Å². The number of hydrogen-bond donors (Lipinski definition) is 0. The lowest BCUT2D eigenvalue weighted by Gasteiger charge is -2.41. The maximum absolute atomic E-state index is 14.2. The van der Waals surface area contributed by atoms with Gasteiger partial charge in [-0.2, -0.15) is 10.2 Å². The first kappa shape index (κ1) is 25.0. The van der Waals surface area contributed by atoms with Gasteiger partial charge in [0.2, 0.25) is 0 Å². The molecule has 1 aromatic carbocycles. The fraction of sp³-hybridized carbons (Fsp3) is 0.407. The summed E-state index contributed by atoms with van der Waals surface area (Å²) in [5, 5.41) is 9.29. The zero-order valence-electron chi connectivity index (χ0n) is 21.7. The van der Waals surface area contributed by atoms with Crippen molar-refractivity contribution in [2.45, 2.75) is 66.0 Å². The fourth-order valence-electron chi connectivity index (χ4n) is 5.50. The van der Waals surface area contributed by atoms with Crippen LogP contribution in [0.1, 0.15) is 71.4 Å². The van der Waals surface area contributed by atoms with Crippen LogP contribution < -0.4 is 0 Å². The molecule has 7 nitrogen and oxygen atoms in total. The smallest absolute Gasteiger partial charge is 0.273 e. The Balaban J connectivity index is 1.65. The van der Waals surface area contributed by atoms with Crippen molar-refractivity contribution in [3.8, 4) is 11.3 Å². The molecule has 0 spiro atoms. The average molecular weight is 511 g/mol. The second kappa shape index (κ2) is 9.00. The highest BCUT2D eigenvalue weighted by Crippen LogP contribution is 2.41. The SMILES string of the molecule is CC[C@H]1Cc2c(nn(C)c2-c2cc(F)c(F)c(F)c2)[C@@H](CC)N1C(=O)c1cc(C)nc2c(C)c(C)nn12. The highest BCUT2D eigenvalue weighted by molar-refractivity contribution is 5.94. The van der Waals surface area contributed by atoms with Gasteiger partial charge < -0.3 is 4.90 Å². The molecule has 1 amide bonds. The Kier molecular flexibility index (Phi) is 6.08. The molecular weight excluding hydrogens is 481 g/mol. The van der Waals surface area contributed by atoms with Gasteiger partial charge in [-0.05, 0) is 58.2 Å². The standard InChI is InChI=1S/C27H29F3N6O/c1-7-17-12-18-24(33-34(6)25(18)16-10-19(28)23(30)20(29)11-16)21(8-2)35(17)27(37)22-9-13(3)31-26-14(4)15(5)32-36(22)26/h9-11,17,21H,7-8,12H2,1-6H3/t17-,21+/m0/s1. The molecule has 2 atom stereocenters. The first-order valence-corrected chi connectivity index (χ1v) is 12.4. The molecule has 4 heterocycles. The second-order valence-electron chi connectivity index (χ2n) is 9.72. The molecule has 1 aliphatic rings. The average Bonchev–Trinajstić information content (AvgIpc) is 3.34. The molecule has 0 saturated carbocycles. The van der Waals surface area contributed by atoms with Crippen LogP contribution in [-0.4, -0.2) is 41.2 Å². The minimum atomic E-state index is -1.50. The quantitative estimate of drug-likeness (QED) is 0.345. The van der Waals surface area contributed by atoms with Crippen molar-refractivity contribution in [1.82, 2.24) is 29.3 Å². The van der Waals surface area contributed by atoms with E-state index in [0.717, 1.165) is 34.6 Å². The Hall–Kier alpha value is -3.69. The third kappa shape index (κ3) is 3.81. The molecule has 194 valence electrons. The number of carbonyl (C=O) groups is 1. The van der Waals surface area contributed by atoms with E-state index >= 15 is 0 Å². The van der Waals surface area contributed by atoms with Crippen LogP contribution in [0.2, 0.25) is 0 Å². The molecule has 37 heavy (non-hydrogen) atoms. The number of benzene rings is 1. The van der Waals surface area contributed by atoms with Crippen LogP contribution in [-0.2, 0) is 13.5 Å². The van der Waals surface area contributed by atoms with Crippen molar-refractivity contribution in [2.75, 3.05) is 0 Å². The summed E-state index contributed by atoms with van der Waals surface area (Å²) < 4.78 is 45.1. The Labute approximate surface area is 212 Å². The maximum Gasteiger partial charge on any atom is 0.273 e. The van der Waals surface area contributed by atoms with Gasteiger partial charge in [0.15, 0.2) is 23.1 Å². The first-order chi connectivity index (χ1) is 17.6. The van der Waals surface area contributed by atoms with E-state index in [4.69, 9.17) is 5.10 Å². The number of halogens is 3. The van der Waals surface area contributed by atoms with E-state index in [0.29, 0.717) is 42.0 Å². The Morgan fingerprint density at radius 1 is 1.03 bits per heavy atom. The molecule has 0 saturated heterocycles. The number of nitrogens with zero attached hydrogens (tertiary/aromatic N) is 6. The predicted octanol–water partition coefficient (Wildman–Crippen LogP) is 5.40. The molecular formula is C27H29F3N6O. The van der Waals surface area contributed by atoms with Crippen molar-refractivity contribution in [2.24, 2.45) is 7.05 Å². The zero-order valence-corrected chi connectivity index (χ0v) is 21.7. The Morgan fingerprint density at radius 3 is 2.32 bits per heavy atom. The Bertz CT molecular complexity index is 1530. The summed E-state index contributed by atoms with van der Waals surface area (Å²) in [5.74, 6) is -4.18. The van der Waals surface area contributed by atoms with Gasteiger partial charge in [0, 0.05) is 35.5 Å². The Morgan fingerprint density at radius 2 is 1.70 bits per heavy atom. The number of amides is 1. The summed E-state index contributed by atoms with van der Waals surface area (Å²) in [6, 6.07) is 3.19. The van der Waals surface area contributed by atoms with Gasteiger partial charge in [-0.15, -0.1) is 0 Å². The van der Waals surface area contributed by atoms with E-state index in [-0.39, 0.29) is 23.6 Å². The van der Waals surface area contributed by atoms with E-state index in [1.807, 2.05) is 39.5 Å². The molecule has 0 fully saturated rings. The van der Waals surface area contributed by atoms with Crippen LogP contribution in [0, 0.1) is 38.2 Å². The molecule has 0 radical (unpaired) electrons. The van der Waals surface area contributed by atoms with Gasteiger partial charge in [0.1, 0.15) is 5.69 Å². The summed E-state index contributed by atoms with van der Waals surface area (Å²) in [4.78, 5) is 20.6. The normalized spacial score (nSPS) is 17.5. The maximum atomic E-state index is 14.2. The minimum absolute atomic E-state index is 0.173. The number of aromatic nitrogens is 5. The van der Waals surface area contributed by atoms with Crippen LogP contribution in [0.25, 0.3) is 16.9 Å². The van der Waals surface area contributed by atoms with Crippen LogP contribution in [0.4, 0.5) is 13.2 Å². The number of hydrogen-bond acceptors (Lipinski definition) is 4. The predicted molar refractivity (Wildman–Crippen MR) is 133 cm³/mol. The van der Waals surface area contributed by atoms with Crippen molar-refractivity contribution >= 4 is 11.6 Å². The third-order valence-corrected chi connectivity index (χ3v) is 7.41. The molecule has 3 aromatic heterocycles. The number of aryl methyl sites for hydroxylation is 4. The summed E-state index contributed by atoms with van der Waals surface area (Å²) in [6.07, 6.45) is 1.69. The lowest BCUT2D eigenvalue weighted by molar-refractivity contribution is 0.0503. The molecule has 0 unspecified atom stereocenters. The van der Waals surface area contributed by atoms with Crippen LogP contribution >= 0.6 is 0 Å². The minimum Gasteiger partial charge on any atom is -0.325 e. The summed E-state index contributed by atoms with van der Waals surface area (Å²) >= 11 is 0. The van der Waals surface area contributed by atoms with E-state index < -0.39 is 17.5 Å². The van der Waals surface area contributed by atoms with E-state index in [1.54, 1.807) is 22.3 Å². The first-order valence-electron chi connectivity index (χ1n) is 12.4. The van der Waals surface area contributed by atoms with Crippen LogP contribution in [0.5, 0.6) is 0 Å². The van der Waals surface area contributed by atoms with Gasteiger partial charge in [-0.3, -0.25) is 9.48 Å². The monoisotopic (exact) mass is 510 g/mol. The van der Waals surface area contributed by atoms with Crippen molar-refractivity contribution < 1.29 is 18.0 Å². The molecule has 10 heteroatoms. The van der Waals surface area contributed by atoms with Gasteiger partial charge in [-0.1, -0.05) is 13.8 Å². The molecule has 0 aliphatic carbocycles. The lowest BCUT2D eigenvalue weighted by Crippen LogP contribution is -2.47. The summed E-state index contributed by atoms with van der Waals surface area (Å²) in [5.41, 5.74) is 5.77. The zero-order chi connectivity index (χ0) is 26.8. The molecule has 1 aliphatic heterocycles. The van der Waals surface area contributed by atoms with Crippen molar-refractivity contribution in [1.29, 1.82) is 0 Å². The third-order valence-electron chi connectivity index (χ3n) is 7.41. The van der Waals surface area contributed by atoms with Gasteiger partial charge in [0.05, 0.1) is 23.1 Å². The second-order valence-corrected chi connectivity index (χ2v) is 9.72. The highest BCUT2D eigenvalue weighted by Gasteiger charge is 2.41. The van der Waals surface area contributed by atoms with Crippen molar-refractivity contribution in [3.63, 3.8) is 0 Å². The van der Waals surface area contributed by atoms with Gasteiger partial charge in [-0.25, -0.2) is 22.7 Å². The highest BCUT2D eigenvalue weighted by atomic mass is 19.2. The van der Waals surface area contributed by atoms with Crippen LogP contribution in [0.3, 0.4) is 0 Å². The van der Waals surface area contributed by atoms with Gasteiger partial charge in [0.25, 0.3) is 5.91 Å². The molecule has 0 bridgehead atoms. The van der Waals surface area contributed by atoms with Crippen LogP contribution in [0.15, 0.2) is 18.2 Å². The summed E-state index contributed by atoms with van der Waals surface area (Å²) in [7, 11) is 1.69.